The highest BCUT2D eigenvalue weighted by Gasteiger charge is 2.08. The molecule has 0 atom stereocenters. The molecule has 0 amide bonds. The summed E-state index contributed by atoms with van der Waals surface area (Å²) in [5, 5.41) is 3.77. The molecule has 0 saturated heterocycles. The van der Waals surface area contributed by atoms with E-state index in [1.807, 2.05) is 18.2 Å². The number of pyridine rings is 1. The summed E-state index contributed by atoms with van der Waals surface area (Å²) in [5.41, 5.74) is 6.42. The Balaban J connectivity index is 2.36. The van der Waals surface area contributed by atoms with E-state index >= 15 is 0 Å². The summed E-state index contributed by atoms with van der Waals surface area (Å²) >= 11 is 15.3. The second kappa shape index (κ2) is 5.86. The van der Waals surface area contributed by atoms with Crippen molar-refractivity contribution in [1.82, 2.24) is 4.98 Å². The Kier molecular flexibility index (Phi) is 4.39. The van der Waals surface area contributed by atoms with E-state index in [2.05, 4.69) is 26.2 Å². The molecule has 2 aromatic rings. The maximum atomic E-state index is 6.06. The molecule has 4 nitrogen and oxygen atoms in total. The summed E-state index contributed by atoms with van der Waals surface area (Å²) in [6, 6.07) is 7.07. The molecule has 0 aliphatic rings. The first-order valence-electron chi connectivity index (χ1n) is 5.22. The number of halogens is 3. The van der Waals surface area contributed by atoms with Gasteiger partial charge >= 0.3 is 0 Å². The number of ether oxygens (including phenoxy) is 1. The third-order valence-corrected chi connectivity index (χ3v) is 3.38. The van der Waals surface area contributed by atoms with E-state index in [0.717, 1.165) is 10.2 Å². The fourth-order valence-electron chi connectivity index (χ4n) is 1.46. The number of nitrogens with two attached hydrogens (primary N) is 1. The van der Waals surface area contributed by atoms with E-state index in [1.54, 1.807) is 13.2 Å². The molecular formula is C12H10BrCl2N3O. The fourth-order valence-corrected chi connectivity index (χ4v) is 2.34. The number of hydrogen-bond donors (Lipinski definition) is 2. The fraction of sp³-hybridized carbons (Fsp3) is 0.0833. The van der Waals surface area contributed by atoms with E-state index in [4.69, 9.17) is 33.7 Å². The molecule has 0 aliphatic heterocycles. The summed E-state index contributed by atoms with van der Waals surface area (Å²) in [6.45, 7) is 0. The largest absolute Gasteiger partial charge is 0.497 e. The summed E-state index contributed by atoms with van der Waals surface area (Å²) in [7, 11) is 1.59. The zero-order valence-electron chi connectivity index (χ0n) is 9.88. The minimum Gasteiger partial charge on any atom is -0.497 e. The smallest absolute Gasteiger partial charge is 0.151 e. The molecular weight excluding hydrogens is 353 g/mol. The summed E-state index contributed by atoms with van der Waals surface area (Å²) in [6.07, 6.45) is 0. The van der Waals surface area contributed by atoms with Gasteiger partial charge in [0.25, 0.3) is 0 Å². The van der Waals surface area contributed by atoms with Crippen LogP contribution < -0.4 is 15.8 Å². The van der Waals surface area contributed by atoms with Crippen molar-refractivity contribution in [3.8, 4) is 5.75 Å². The molecule has 19 heavy (non-hydrogen) atoms. The lowest BCUT2D eigenvalue weighted by Gasteiger charge is -2.11. The van der Waals surface area contributed by atoms with Gasteiger partial charge in [0, 0.05) is 16.2 Å². The lowest BCUT2D eigenvalue weighted by molar-refractivity contribution is 0.415. The number of nitrogen functional groups attached to an aromatic ring is 1. The van der Waals surface area contributed by atoms with Crippen molar-refractivity contribution in [2.45, 2.75) is 0 Å². The van der Waals surface area contributed by atoms with Crippen LogP contribution in [0.15, 0.2) is 28.7 Å². The van der Waals surface area contributed by atoms with Gasteiger partial charge in [0.05, 0.1) is 17.2 Å². The van der Waals surface area contributed by atoms with Gasteiger partial charge in [-0.3, -0.25) is 0 Å². The Morgan fingerprint density at radius 1 is 1.21 bits per heavy atom. The van der Waals surface area contributed by atoms with Crippen LogP contribution >= 0.6 is 39.1 Å². The van der Waals surface area contributed by atoms with Gasteiger partial charge in [-0.2, -0.15) is 0 Å². The third kappa shape index (κ3) is 3.43. The number of rotatable bonds is 3. The van der Waals surface area contributed by atoms with Crippen LogP contribution in [0.4, 0.5) is 17.3 Å². The van der Waals surface area contributed by atoms with Gasteiger partial charge in [-0.1, -0.05) is 39.1 Å². The van der Waals surface area contributed by atoms with E-state index < -0.39 is 0 Å². The van der Waals surface area contributed by atoms with Crippen molar-refractivity contribution >= 4 is 56.5 Å². The lowest BCUT2D eigenvalue weighted by atomic mass is 10.3. The van der Waals surface area contributed by atoms with Gasteiger partial charge in [0.2, 0.25) is 0 Å². The van der Waals surface area contributed by atoms with Crippen LogP contribution in [0, 0.1) is 0 Å². The highest BCUT2D eigenvalue weighted by molar-refractivity contribution is 9.10. The summed E-state index contributed by atoms with van der Waals surface area (Å²) < 4.78 is 6.05. The predicted molar refractivity (Wildman–Crippen MR) is 82.6 cm³/mol. The van der Waals surface area contributed by atoms with Gasteiger partial charge in [-0.15, -0.1) is 0 Å². The molecule has 7 heteroatoms. The number of hydrogen-bond acceptors (Lipinski definition) is 4. The first-order valence-corrected chi connectivity index (χ1v) is 6.77. The molecule has 0 radical (unpaired) electrons. The molecule has 0 unspecified atom stereocenters. The van der Waals surface area contributed by atoms with Gasteiger partial charge in [-0.25, -0.2) is 4.98 Å². The molecule has 0 fully saturated rings. The van der Waals surface area contributed by atoms with Crippen molar-refractivity contribution in [3.63, 3.8) is 0 Å². The third-order valence-electron chi connectivity index (χ3n) is 2.33. The van der Waals surface area contributed by atoms with Crippen molar-refractivity contribution in [2.24, 2.45) is 0 Å². The molecule has 1 heterocycles. The average Bonchev–Trinajstić information content (AvgIpc) is 2.35. The van der Waals surface area contributed by atoms with Crippen molar-refractivity contribution in [2.75, 3.05) is 18.2 Å². The Labute approximate surface area is 129 Å². The SMILES string of the molecule is COc1cc(Br)cc(Nc2nc(N)c(Cl)cc2Cl)c1. The summed E-state index contributed by atoms with van der Waals surface area (Å²) in [5.74, 6) is 1.36. The molecule has 0 saturated carbocycles. The lowest BCUT2D eigenvalue weighted by Crippen LogP contribution is -1.99. The van der Waals surface area contributed by atoms with Crippen LogP contribution in [0.2, 0.25) is 10.0 Å². The second-order valence-corrected chi connectivity index (χ2v) is 5.42. The maximum Gasteiger partial charge on any atom is 0.151 e. The zero-order chi connectivity index (χ0) is 14.0. The zero-order valence-corrected chi connectivity index (χ0v) is 13.0. The Morgan fingerprint density at radius 2 is 1.95 bits per heavy atom. The summed E-state index contributed by atoms with van der Waals surface area (Å²) in [4.78, 5) is 4.10. The molecule has 1 aromatic carbocycles. The number of nitrogens with zero attached hydrogens (tertiary/aromatic N) is 1. The molecule has 0 spiro atoms. The number of methoxy groups -OCH3 is 1. The average molecular weight is 363 g/mol. The number of nitrogens with one attached hydrogen (secondary N) is 1. The quantitative estimate of drug-likeness (QED) is 0.844. The minimum absolute atomic E-state index is 0.218. The molecule has 1 aromatic heterocycles. The minimum atomic E-state index is 0.218. The topological polar surface area (TPSA) is 60.2 Å². The second-order valence-electron chi connectivity index (χ2n) is 3.69. The van der Waals surface area contributed by atoms with E-state index in [0.29, 0.717) is 21.6 Å². The van der Waals surface area contributed by atoms with Crippen LogP contribution in [0.5, 0.6) is 5.75 Å². The van der Waals surface area contributed by atoms with Gasteiger partial charge in [0.15, 0.2) is 5.82 Å². The molecule has 2 rings (SSSR count). The Morgan fingerprint density at radius 3 is 2.63 bits per heavy atom. The first kappa shape index (κ1) is 14.2. The molecule has 0 aliphatic carbocycles. The maximum absolute atomic E-state index is 6.06. The van der Waals surface area contributed by atoms with E-state index in [-0.39, 0.29) is 5.82 Å². The normalized spacial score (nSPS) is 10.3. The van der Waals surface area contributed by atoms with Gasteiger partial charge in [0.1, 0.15) is 11.6 Å². The van der Waals surface area contributed by atoms with Crippen LogP contribution in [-0.2, 0) is 0 Å². The van der Waals surface area contributed by atoms with Crippen molar-refractivity contribution in [1.29, 1.82) is 0 Å². The Hall–Kier alpha value is -1.17. The number of anilines is 3. The first-order chi connectivity index (χ1) is 8.99. The Bertz CT molecular complexity index is 622. The van der Waals surface area contributed by atoms with Gasteiger partial charge in [-0.05, 0) is 18.2 Å². The van der Waals surface area contributed by atoms with E-state index in [1.165, 1.54) is 0 Å². The number of benzene rings is 1. The van der Waals surface area contributed by atoms with Gasteiger partial charge < -0.3 is 15.8 Å². The monoisotopic (exact) mass is 361 g/mol. The van der Waals surface area contributed by atoms with Crippen LogP contribution in [0.25, 0.3) is 0 Å². The molecule has 100 valence electrons. The van der Waals surface area contributed by atoms with Crippen LogP contribution in [-0.4, -0.2) is 12.1 Å². The highest BCUT2D eigenvalue weighted by atomic mass is 79.9. The van der Waals surface area contributed by atoms with Crippen molar-refractivity contribution in [3.05, 3.63) is 38.8 Å². The number of aromatic nitrogens is 1. The van der Waals surface area contributed by atoms with Crippen LogP contribution in [0.1, 0.15) is 0 Å². The molecule has 3 N–H and O–H groups in total. The van der Waals surface area contributed by atoms with E-state index in [9.17, 15) is 0 Å². The highest BCUT2D eigenvalue weighted by Crippen LogP contribution is 2.31. The van der Waals surface area contributed by atoms with Crippen molar-refractivity contribution < 1.29 is 4.74 Å². The molecule has 0 bridgehead atoms. The standard InChI is InChI=1S/C12H10BrCl2N3O/c1-19-8-3-6(13)2-7(4-8)17-12-10(15)5-9(14)11(16)18-12/h2-5H,1H3,(H3,16,17,18). The predicted octanol–water partition coefficient (Wildman–Crippen LogP) is 4.49. The van der Waals surface area contributed by atoms with Crippen LogP contribution in [0.3, 0.4) is 0 Å².